The number of para-hydroxylation sites is 1. The highest BCUT2D eigenvalue weighted by molar-refractivity contribution is 5.34. The Morgan fingerprint density at radius 2 is 1.79 bits per heavy atom. The Morgan fingerprint density at radius 3 is 2.53 bits per heavy atom. The van der Waals surface area contributed by atoms with Gasteiger partial charge in [0.25, 0.3) is 0 Å². The van der Waals surface area contributed by atoms with Crippen LogP contribution in [0.15, 0.2) is 48.5 Å². The first-order valence-corrected chi connectivity index (χ1v) is 5.96. The van der Waals surface area contributed by atoms with E-state index in [0.29, 0.717) is 12.8 Å². The predicted octanol–water partition coefficient (Wildman–Crippen LogP) is 3.78. The minimum atomic E-state index is -2.81. The second-order valence-corrected chi connectivity index (χ2v) is 4.15. The highest BCUT2D eigenvalue weighted by Gasteiger charge is 2.05. The lowest BCUT2D eigenvalue weighted by atomic mass is 10.0. The molecule has 0 atom stereocenters. The number of aromatic hydroxyl groups is 1. The van der Waals surface area contributed by atoms with E-state index in [0.717, 1.165) is 11.1 Å². The van der Waals surface area contributed by atoms with E-state index in [4.69, 9.17) is 0 Å². The van der Waals surface area contributed by atoms with Crippen molar-refractivity contribution >= 4 is 0 Å². The van der Waals surface area contributed by atoms with Gasteiger partial charge in [0.15, 0.2) is 0 Å². The van der Waals surface area contributed by atoms with Crippen LogP contribution in [0.3, 0.4) is 0 Å². The third-order valence-corrected chi connectivity index (χ3v) is 2.80. The van der Waals surface area contributed by atoms with Crippen LogP contribution in [0.2, 0.25) is 0 Å². The van der Waals surface area contributed by atoms with E-state index in [9.17, 15) is 13.9 Å². The van der Waals surface area contributed by atoms with Crippen LogP contribution >= 0.6 is 0 Å². The van der Waals surface area contributed by atoms with Gasteiger partial charge in [-0.25, -0.2) is 0 Å². The molecule has 100 valence electrons. The average molecular weight is 264 g/mol. The van der Waals surface area contributed by atoms with E-state index in [1.165, 1.54) is 6.07 Å². The van der Waals surface area contributed by atoms with E-state index >= 15 is 0 Å². The molecule has 0 amide bonds. The SMILES string of the molecule is Oc1ccccc1CCc1cccc(OC(F)F)c1. The maximum absolute atomic E-state index is 12.1. The predicted molar refractivity (Wildman–Crippen MR) is 68.6 cm³/mol. The summed E-state index contributed by atoms with van der Waals surface area (Å²) in [4.78, 5) is 0. The van der Waals surface area contributed by atoms with Crippen LogP contribution in [0.4, 0.5) is 8.78 Å². The zero-order chi connectivity index (χ0) is 13.7. The molecule has 0 aliphatic carbocycles. The third-order valence-electron chi connectivity index (χ3n) is 2.80. The van der Waals surface area contributed by atoms with E-state index in [2.05, 4.69) is 4.74 Å². The number of aryl methyl sites for hydroxylation is 2. The van der Waals surface area contributed by atoms with Gasteiger partial charge in [0.05, 0.1) is 0 Å². The van der Waals surface area contributed by atoms with Crippen LogP contribution in [0.5, 0.6) is 11.5 Å². The molecule has 2 rings (SSSR count). The number of hydrogen-bond acceptors (Lipinski definition) is 2. The fourth-order valence-corrected chi connectivity index (χ4v) is 1.88. The number of phenols is 1. The molecular formula is C15H14F2O2. The molecule has 0 aliphatic heterocycles. The number of hydrogen-bond donors (Lipinski definition) is 1. The molecule has 0 aliphatic rings. The Balaban J connectivity index is 2.02. The Morgan fingerprint density at radius 1 is 1.00 bits per heavy atom. The molecule has 0 saturated carbocycles. The first-order chi connectivity index (χ1) is 9.15. The molecule has 0 radical (unpaired) electrons. The minimum absolute atomic E-state index is 0.157. The summed E-state index contributed by atoms with van der Waals surface area (Å²) in [5.41, 5.74) is 1.73. The molecule has 0 heterocycles. The van der Waals surface area contributed by atoms with Gasteiger partial charge in [-0.3, -0.25) is 0 Å². The van der Waals surface area contributed by atoms with Gasteiger partial charge in [0.2, 0.25) is 0 Å². The Kier molecular flexibility index (Phi) is 4.34. The second kappa shape index (κ2) is 6.18. The number of alkyl halides is 2. The number of halogens is 2. The molecule has 2 nitrogen and oxygen atoms in total. The van der Waals surface area contributed by atoms with Gasteiger partial charge in [0, 0.05) is 0 Å². The lowest BCUT2D eigenvalue weighted by Gasteiger charge is -2.07. The van der Waals surface area contributed by atoms with Crippen molar-refractivity contribution in [2.75, 3.05) is 0 Å². The van der Waals surface area contributed by atoms with Crippen molar-refractivity contribution in [3.63, 3.8) is 0 Å². The highest BCUT2D eigenvalue weighted by atomic mass is 19.3. The second-order valence-electron chi connectivity index (χ2n) is 4.15. The van der Waals surface area contributed by atoms with E-state index in [1.54, 1.807) is 24.3 Å². The molecule has 1 N–H and O–H groups in total. The summed E-state index contributed by atoms with van der Waals surface area (Å²) in [6.07, 6.45) is 1.29. The molecule has 0 bridgehead atoms. The van der Waals surface area contributed by atoms with Crippen molar-refractivity contribution in [3.05, 3.63) is 59.7 Å². The van der Waals surface area contributed by atoms with Crippen molar-refractivity contribution in [1.82, 2.24) is 0 Å². The zero-order valence-electron chi connectivity index (χ0n) is 10.2. The van der Waals surface area contributed by atoms with Crippen LogP contribution in [0.25, 0.3) is 0 Å². The van der Waals surface area contributed by atoms with Crippen LogP contribution in [-0.4, -0.2) is 11.7 Å². The van der Waals surface area contributed by atoms with Gasteiger partial charge in [-0.05, 0) is 42.2 Å². The molecule has 2 aromatic rings. The van der Waals surface area contributed by atoms with E-state index in [-0.39, 0.29) is 11.5 Å². The third kappa shape index (κ3) is 3.95. The van der Waals surface area contributed by atoms with Crippen molar-refractivity contribution in [1.29, 1.82) is 0 Å². The molecule has 0 saturated heterocycles. The molecule has 19 heavy (non-hydrogen) atoms. The van der Waals surface area contributed by atoms with Gasteiger partial charge in [-0.2, -0.15) is 8.78 Å². The standard InChI is InChI=1S/C15H14F2O2/c16-15(17)19-13-6-3-4-11(10-13)8-9-12-5-1-2-7-14(12)18/h1-7,10,15,18H,8-9H2. The molecular weight excluding hydrogens is 250 g/mol. The number of benzene rings is 2. The first-order valence-electron chi connectivity index (χ1n) is 5.96. The topological polar surface area (TPSA) is 29.5 Å². The smallest absolute Gasteiger partial charge is 0.387 e. The van der Waals surface area contributed by atoms with E-state index in [1.807, 2.05) is 18.2 Å². The monoisotopic (exact) mass is 264 g/mol. The van der Waals surface area contributed by atoms with Gasteiger partial charge >= 0.3 is 6.61 Å². The number of phenolic OH excluding ortho intramolecular Hbond substituents is 1. The quantitative estimate of drug-likeness (QED) is 0.890. The molecule has 4 heteroatoms. The van der Waals surface area contributed by atoms with Gasteiger partial charge in [-0.1, -0.05) is 30.3 Å². The van der Waals surface area contributed by atoms with Crippen molar-refractivity contribution < 1.29 is 18.6 Å². The van der Waals surface area contributed by atoms with Crippen molar-refractivity contribution in [3.8, 4) is 11.5 Å². The van der Waals surface area contributed by atoms with Crippen LogP contribution in [0.1, 0.15) is 11.1 Å². The van der Waals surface area contributed by atoms with Crippen molar-refractivity contribution in [2.24, 2.45) is 0 Å². The highest BCUT2D eigenvalue weighted by Crippen LogP contribution is 2.20. The summed E-state index contributed by atoms with van der Waals surface area (Å²) in [6.45, 7) is -2.81. The largest absolute Gasteiger partial charge is 0.508 e. The summed E-state index contributed by atoms with van der Waals surface area (Å²) in [6, 6.07) is 13.7. The Labute approximate surface area is 110 Å². The minimum Gasteiger partial charge on any atom is -0.508 e. The lowest BCUT2D eigenvalue weighted by molar-refractivity contribution is -0.0498. The average Bonchev–Trinajstić information content (AvgIpc) is 2.37. The Hall–Kier alpha value is -2.10. The van der Waals surface area contributed by atoms with E-state index < -0.39 is 6.61 Å². The molecule has 0 spiro atoms. The summed E-state index contributed by atoms with van der Waals surface area (Å²) in [5.74, 6) is 0.410. The summed E-state index contributed by atoms with van der Waals surface area (Å²) >= 11 is 0. The zero-order valence-corrected chi connectivity index (χ0v) is 10.2. The fourth-order valence-electron chi connectivity index (χ4n) is 1.88. The lowest BCUT2D eigenvalue weighted by Crippen LogP contribution is -2.02. The van der Waals surface area contributed by atoms with Crippen LogP contribution in [-0.2, 0) is 12.8 Å². The number of ether oxygens (including phenoxy) is 1. The maximum Gasteiger partial charge on any atom is 0.387 e. The van der Waals surface area contributed by atoms with Crippen molar-refractivity contribution in [2.45, 2.75) is 19.5 Å². The van der Waals surface area contributed by atoms with Gasteiger partial charge in [-0.15, -0.1) is 0 Å². The molecule has 0 aromatic heterocycles. The summed E-state index contributed by atoms with van der Waals surface area (Å²) < 4.78 is 28.5. The molecule has 0 unspecified atom stereocenters. The Bertz CT molecular complexity index is 541. The van der Waals surface area contributed by atoms with Crippen LogP contribution in [0, 0.1) is 0 Å². The molecule has 0 fully saturated rings. The maximum atomic E-state index is 12.1. The van der Waals surface area contributed by atoms with Gasteiger partial charge < -0.3 is 9.84 Å². The summed E-state index contributed by atoms with van der Waals surface area (Å²) in [7, 11) is 0. The van der Waals surface area contributed by atoms with Gasteiger partial charge in [0.1, 0.15) is 11.5 Å². The number of rotatable bonds is 5. The first kappa shape index (κ1) is 13.3. The fraction of sp³-hybridized carbons (Fsp3) is 0.200. The summed E-state index contributed by atoms with van der Waals surface area (Å²) in [5, 5.41) is 9.64. The van der Waals surface area contributed by atoms with Crippen LogP contribution < -0.4 is 4.74 Å². The molecule has 2 aromatic carbocycles. The normalized spacial score (nSPS) is 10.7.